The van der Waals surface area contributed by atoms with Crippen LogP contribution in [0.2, 0.25) is 4.25 Å². The molecule has 0 unspecified atom stereocenters. The van der Waals surface area contributed by atoms with Gasteiger partial charge in [0.05, 0.1) is 0 Å². The third-order valence-corrected chi connectivity index (χ3v) is 2.68. The van der Waals surface area contributed by atoms with Crippen LogP contribution in [0.5, 0.6) is 0 Å². The molecular formula is C7H6Ge. The molecule has 38 valence electrons. The van der Waals surface area contributed by atoms with Crippen LogP contribution in [0.1, 0.15) is 0 Å². The molecule has 0 N–H and O–H groups in total. The van der Waals surface area contributed by atoms with Gasteiger partial charge in [0, 0.05) is 0 Å². The first-order valence-electron chi connectivity index (χ1n) is 2.12. The van der Waals surface area contributed by atoms with Crippen molar-refractivity contribution in [3.8, 4) is 37.0 Å². The summed E-state index contributed by atoms with van der Waals surface area (Å²) >= 11 is 0.318. The Labute approximate surface area is 58.3 Å². The van der Waals surface area contributed by atoms with Gasteiger partial charge in [-0.1, -0.05) is 0 Å². The van der Waals surface area contributed by atoms with Gasteiger partial charge in [0.25, 0.3) is 0 Å². The molecule has 0 radical (unpaired) electrons. The van der Waals surface area contributed by atoms with Gasteiger partial charge >= 0.3 is 57.8 Å². The van der Waals surface area contributed by atoms with Gasteiger partial charge in [0.15, 0.2) is 0 Å². The van der Waals surface area contributed by atoms with E-state index in [2.05, 4.69) is 17.8 Å². The van der Waals surface area contributed by atoms with Gasteiger partial charge in [-0.2, -0.15) is 0 Å². The molecule has 0 saturated carbocycles. The third-order valence-electron chi connectivity index (χ3n) is 0.866. The number of hydrogen-bond donors (Lipinski definition) is 0. The van der Waals surface area contributed by atoms with Gasteiger partial charge in [-0.15, -0.1) is 0 Å². The first kappa shape index (κ1) is 7.22. The van der Waals surface area contributed by atoms with E-state index in [4.69, 9.17) is 19.3 Å². The predicted octanol–water partition coefficient (Wildman–Crippen LogP) is -0.590. The van der Waals surface area contributed by atoms with Crippen molar-refractivity contribution in [3.63, 3.8) is 0 Å². The molecule has 0 heterocycles. The molecule has 0 aliphatic rings. The summed E-state index contributed by atoms with van der Waals surface area (Å²) in [6.07, 6.45) is 15.1. The summed E-state index contributed by atoms with van der Waals surface area (Å²) in [5, 5.41) is 0. The maximum atomic E-state index is 5.04. The number of hydrogen-bond acceptors (Lipinski definition) is 0. The molecule has 0 amide bonds. The van der Waals surface area contributed by atoms with Crippen molar-refractivity contribution in [1.82, 2.24) is 0 Å². The maximum absolute atomic E-state index is 5.04. The van der Waals surface area contributed by atoms with Crippen molar-refractivity contribution in [2.75, 3.05) is 0 Å². The fourth-order valence-corrected chi connectivity index (χ4v) is 0.125. The number of rotatable bonds is 0. The van der Waals surface area contributed by atoms with E-state index in [1.165, 1.54) is 0 Å². The molecule has 0 aliphatic carbocycles. The Morgan fingerprint density at radius 3 is 1.25 bits per heavy atom. The number of terminal acetylenes is 3. The molecule has 0 aromatic rings. The molecule has 0 nitrogen and oxygen atoms in total. The molecule has 1 heteroatoms. The third kappa shape index (κ3) is 1.38. The quantitative estimate of drug-likeness (QED) is 0.330. The Hall–Kier alpha value is -0.777. The molecule has 0 aliphatic heterocycles. The molecule has 0 saturated heterocycles. The molecule has 0 spiro atoms. The van der Waals surface area contributed by atoms with E-state index in [0.717, 1.165) is 0 Å². The van der Waals surface area contributed by atoms with Crippen LogP contribution in [0.25, 0.3) is 0 Å². The van der Waals surface area contributed by atoms with Crippen molar-refractivity contribution in [1.29, 1.82) is 0 Å². The van der Waals surface area contributed by atoms with Crippen LogP contribution in [-0.4, -0.2) is 16.5 Å². The zero-order chi connectivity index (χ0) is 6.62. The van der Waals surface area contributed by atoms with Gasteiger partial charge in [0.2, 0.25) is 0 Å². The Morgan fingerprint density at radius 2 is 1.25 bits per heavy atom. The summed E-state index contributed by atoms with van der Waals surface area (Å²) in [6, 6.07) is 0. The second kappa shape index (κ2) is 2.51. The Balaban J connectivity index is 4.42. The van der Waals surface area contributed by atoms with E-state index >= 15 is 0 Å². The van der Waals surface area contributed by atoms with Gasteiger partial charge in [-0.05, 0) is 0 Å². The van der Waals surface area contributed by atoms with E-state index in [0.29, 0.717) is 16.5 Å². The zero-order valence-corrected chi connectivity index (χ0v) is 8.93. The van der Waals surface area contributed by atoms with Crippen molar-refractivity contribution in [3.05, 3.63) is 0 Å². The minimum atomic E-state index is -0.604. The molecule has 0 bridgehead atoms. The van der Waals surface area contributed by atoms with Crippen molar-refractivity contribution in [2.24, 2.45) is 0 Å². The monoisotopic (exact) mass is 164 g/mol. The van der Waals surface area contributed by atoms with Crippen molar-refractivity contribution in [2.45, 2.75) is 4.25 Å². The second-order valence-electron chi connectivity index (χ2n) is 1.56. The summed E-state index contributed by atoms with van der Waals surface area (Å²) in [5.74, 6) is 7.17. The Kier molecular flexibility index (Phi) is 2.27. The predicted molar refractivity (Wildman–Crippen MR) is 39.1 cm³/mol. The van der Waals surface area contributed by atoms with Gasteiger partial charge < -0.3 is 0 Å². The zero-order valence-electron chi connectivity index (χ0n) is 4.73. The van der Waals surface area contributed by atoms with Gasteiger partial charge in [-0.25, -0.2) is 0 Å². The van der Waals surface area contributed by atoms with Crippen LogP contribution in [0.4, 0.5) is 0 Å². The molecule has 0 rings (SSSR count). The molecule has 0 fully saturated rings. The summed E-state index contributed by atoms with van der Waals surface area (Å²) in [7, 11) is 0. The molecule has 0 aromatic heterocycles. The van der Waals surface area contributed by atoms with E-state index in [-0.39, 0.29) is 0 Å². The van der Waals surface area contributed by atoms with E-state index in [9.17, 15) is 0 Å². The molecule has 0 aromatic carbocycles. The summed E-state index contributed by atoms with van der Waals surface area (Å²) < 4.78 is -0.604. The summed E-state index contributed by atoms with van der Waals surface area (Å²) in [4.78, 5) is 0. The van der Waals surface area contributed by atoms with Crippen molar-refractivity contribution >= 4 is 16.5 Å². The average molecular weight is 163 g/mol. The summed E-state index contributed by atoms with van der Waals surface area (Å²) in [6.45, 7) is 0. The molecule has 0 atom stereocenters. The van der Waals surface area contributed by atoms with Crippen LogP contribution in [0.3, 0.4) is 0 Å². The average Bonchev–Trinajstić information content (AvgIpc) is 1.87. The Bertz CT molecular complexity index is 158. The van der Waals surface area contributed by atoms with E-state index < -0.39 is 4.25 Å². The summed E-state index contributed by atoms with van der Waals surface area (Å²) in [5.41, 5.74) is 0. The van der Waals surface area contributed by atoms with Crippen LogP contribution in [0, 0.1) is 37.0 Å². The molecular weight excluding hydrogens is 157 g/mol. The van der Waals surface area contributed by atoms with Crippen LogP contribution < -0.4 is 0 Å². The first-order valence-corrected chi connectivity index (χ1v) is 4.21. The van der Waals surface area contributed by atoms with E-state index in [1.54, 1.807) is 0 Å². The van der Waals surface area contributed by atoms with Gasteiger partial charge in [-0.3, -0.25) is 0 Å². The normalized spacial score (nSPS) is 8.62. The van der Waals surface area contributed by atoms with Crippen molar-refractivity contribution < 1.29 is 0 Å². The van der Waals surface area contributed by atoms with Crippen LogP contribution >= 0.6 is 0 Å². The van der Waals surface area contributed by atoms with Crippen LogP contribution in [0.15, 0.2) is 0 Å². The SMILES string of the molecule is C#C[C]([GeH3])(C#C)C#C. The van der Waals surface area contributed by atoms with E-state index in [1.807, 2.05) is 0 Å². The fourth-order valence-electron chi connectivity index (χ4n) is 0.125. The Morgan fingerprint density at radius 1 is 1.00 bits per heavy atom. The molecule has 8 heavy (non-hydrogen) atoms. The van der Waals surface area contributed by atoms with Crippen LogP contribution in [-0.2, 0) is 0 Å². The second-order valence-corrected chi connectivity index (χ2v) is 4.71. The van der Waals surface area contributed by atoms with Gasteiger partial charge in [0.1, 0.15) is 0 Å². The fraction of sp³-hybridized carbons (Fsp3) is 0.143. The first-order chi connectivity index (χ1) is 3.68. The topological polar surface area (TPSA) is 0 Å². The minimum absolute atomic E-state index is 0.318. The standard InChI is InChI=1S/C7H6Ge/c1-4-7(8,5-2)6-3/h1-3H,8H3.